The predicted molar refractivity (Wildman–Crippen MR) is 92.2 cm³/mol. The molecule has 1 heterocycles. The number of carbonyl (C=O) groups excluding carboxylic acids is 1. The largest absolute Gasteiger partial charge is 0.546 e. The van der Waals surface area contributed by atoms with Crippen LogP contribution in [0.15, 0.2) is 54.6 Å². The van der Waals surface area contributed by atoms with Crippen molar-refractivity contribution in [2.24, 2.45) is 0 Å². The number of piperidine rings is 1. The molecule has 0 amide bonds. The highest BCUT2D eigenvalue weighted by Crippen LogP contribution is 2.34. The van der Waals surface area contributed by atoms with Crippen LogP contribution in [0.2, 0.25) is 0 Å². The van der Waals surface area contributed by atoms with Crippen LogP contribution < -0.4 is 9.59 Å². The van der Waals surface area contributed by atoms with Crippen molar-refractivity contribution >= 4 is 11.7 Å². The van der Waals surface area contributed by atoms with Gasteiger partial charge in [0.15, 0.2) is 5.60 Å². The Morgan fingerprint density at radius 3 is 2.25 bits per heavy atom. The summed E-state index contributed by atoms with van der Waals surface area (Å²) < 4.78 is 0.770. The number of benzene rings is 2. The van der Waals surface area contributed by atoms with Crippen LogP contribution in [0.5, 0.6) is 0 Å². The van der Waals surface area contributed by atoms with Gasteiger partial charge in [-0.2, -0.15) is 0 Å². The summed E-state index contributed by atoms with van der Waals surface area (Å²) in [6.07, 6.45) is 3.55. The molecular formula is C20H23NO3. The highest BCUT2D eigenvalue weighted by molar-refractivity contribution is 5.82. The zero-order valence-corrected chi connectivity index (χ0v) is 13.9. The van der Waals surface area contributed by atoms with Gasteiger partial charge in [-0.25, -0.2) is 0 Å². The first-order valence-corrected chi connectivity index (χ1v) is 8.42. The third-order valence-electron chi connectivity index (χ3n) is 5.18. The van der Waals surface area contributed by atoms with Crippen LogP contribution in [0, 0.1) is 0 Å². The van der Waals surface area contributed by atoms with Gasteiger partial charge in [-0.1, -0.05) is 42.5 Å². The second-order valence-electron chi connectivity index (χ2n) is 6.82. The topological polar surface area (TPSA) is 60.4 Å². The summed E-state index contributed by atoms with van der Waals surface area (Å²) in [6, 6.07) is 15.7. The number of aliphatic carboxylic acids is 1. The Hall–Kier alpha value is -2.17. The maximum atomic E-state index is 11.8. The minimum Gasteiger partial charge on any atom is -0.546 e. The molecular weight excluding hydrogens is 302 g/mol. The summed E-state index contributed by atoms with van der Waals surface area (Å²) in [6.45, 7) is 2.05. The lowest BCUT2D eigenvalue weighted by atomic mass is 9.86. The third kappa shape index (κ3) is 2.83. The van der Waals surface area contributed by atoms with Crippen molar-refractivity contribution in [3.63, 3.8) is 0 Å². The van der Waals surface area contributed by atoms with Crippen molar-refractivity contribution in [2.45, 2.75) is 24.9 Å². The number of aliphatic hydroxyl groups is 1. The summed E-state index contributed by atoms with van der Waals surface area (Å²) in [4.78, 5) is 11.8. The number of quaternary nitrogens is 1. The van der Waals surface area contributed by atoms with E-state index >= 15 is 0 Å². The highest BCUT2D eigenvalue weighted by Gasteiger charge is 2.35. The second kappa shape index (κ2) is 6.38. The predicted octanol–water partition coefficient (Wildman–Crippen LogP) is 1.79. The van der Waals surface area contributed by atoms with E-state index in [9.17, 15) is 15.0 Å². The first kappa shape index (κ1) is 16.7. The molecule has 0 radical (unpaired) electrons. The Labute approximate surface area is 142 Å². The molecule has 1 fully saturated rings. The van der Waals surface area contributed by atoms with E-state index in [0.29, 0.717) is 11.1 Å². The van der Waals surface area contributed by atoms with Crippen LogP contribution >= 0.6 is 0 Å². The van der Waals surface area contributed by atoms with Crippen LogP contribution in [-0.4, -0.2) is 31.2 Å². The first-order valence-electron chi connectivity index (χ1n) is 8.42. The Balaban J connectivity index is 2.07. The molecule has 0 spiro atoms. The molecule has 0 bridgehead atoms. The maximum Gasteiger partial charge on any atom is 0.154 e. The zero-order valence-electron chi connectivity index (χ0n) is 13.9. The summed E-state index contributed by atoms with van der Waals surface area (Å²) in [5.74, 6) is -1.51. The van der Waals surface area contributed by atoms with Crippen molar-refractivity contribution in [1.82, 2.24) is 4.48 Å². The van der Waals surface area contributed by atoms with E-state index in [4.69, 9.17) is 0 Å². The lowest BCUT2D eigenvalue weighted by Crippen LogP contribution is -2.50. The Morgan fingerprint density at radius 2 is 1.62 bits per heavy atom. The maximum absolute atomic E-state index is 11.8. The number of rotatable bonds is 4. The molecule has 0 saturated carbocycles. The average molecular weight is 325 g/mol. The Kier molecular flexibility index (Phi) is 4.43. The molecule has 4 nitrogen and oxygen atoms in total. The molecule has 0 aromatic heterocycles. The fourth-order valence-corrected chi connectivity index (χ4v) is 3.62. The van der Waals surface area contributed by atoms with Crippen molar-refractivity contribution < 1.29 is 15.0 Å². The van der Waals surface area contributed by atoms with Gasteiger partial charge in [0.05, 0.1) is 26.1 Å². The van der Waals surface area contributed by atoms with Gasteiger partial charge in [0.25, 0.3) is 0 Å². The van der Waals surface area contributed by atoms with Gasteiger partial charge >= 0.3 is 0 Å². The lowest BCUT2D eigenvalue weighted by molar-refractivity contribution is -0.322. The van der Waals surface area contributed by atoms with E-state index in [1.807, 2.05) is 18.2 Å². The van der Waals surface area contributed by atoms with E-state index in [1.165, 1.54) is 6.42 Å². The molecule has 24 heavy (non-hydrogen) atoms. The molecule has 1 unspecified atom stereocenters. The van der Waals surface area contributed by atoms with Crippen molar-refractivity contribution in [2.75, 3.05) is 20.1 Å². The molecule has 1 aliphatic heterocycles. The smallest absolute Gasteiger partial charge is 0.154 e. The first-order chi connectivity index (χ1) is 11.5. The van der Waals surface area contributed by atoms with Crippen molar-refractivity contribution in [3.8, 4) is 0 Å². The van der Waals surface area contributed by atoms with Gasteiger partial charge in [-0.15, -0.1) is 0 Å². The number of carboxylic acid groups (broad SMARTS) is 1. The molecule has 2 aromatic rings. The second-order valence-corrected chi connectivity index (χ2v) is 6.82. The summed E-state index contributed by atoms with van der Waals surface area (Å²) in [7, 11) is 2.17. The number of nitrogens with zero attached hydrogens (tertiary/aromatic N) is 1. The minimum atomic E-state index is -2.15. The standard InChI is InChI=1S/C20H23NO3/c1-21(13-6-3-7-14-21)18-12-8-11-17(15-18)20(24,19(22)23)16-9-4-2-5-10-16/h2,4-5,8-12,15,24H,3,6-7,13-14H2,1H3. The number of hydrogen-bond acceptors (Lipinski definition) is 3. The molecule has 4 heteroatoms. The van der Waals surface area contributed by atoms with Crippen LogP contribution in [0.1, 0.15) is 30.4 Å². The molecule has 126 valence electrons. The molecule has 1 aliphatic rings. The van der Waals surface area contributed by atoms with Crippen LogP contribution in [-0.2, 0) is 10.4 Å². The van der Waals surface area contributed by atoms with E-state index < -0.39 is 11.6 Å². The zero-order chi connectivity index (χ0) is 17.2. The molecule has 0 aliphatic carbocycles. The fraction of sp³-hybridized carbons (Fsp3) is 0.350. The Bertz CT molecular complexity index is 723. The van der Waals surface area contributed by atoms with Crippen molar-refractivity contribution in [3.05, 3.63) is 65.7 Å². The number of hydrogen-bond donors (Lipinski definition) is 1. The van der Waals surface area contributed by atoms with Crippen LogP contribution in [0.3, 0.4) is 0 Å². The van der Waals surface area contributed by atoms with Gasteiger partial charge in [-0.05, 0) is 36.5 Å². The summed E-state index contributed by atoms with van der Waals surface area (Å²) in [5.41, 5.74) is -0.464. The van der Waals surface area contributed by atoms with Crippen LogP contribution in [0.4, 0.5) is 5.69 Å². The van der Waals surface area contributed by atoms with E-state index in [1.54, 1.807) is 36.4 Å². The molecule has 2 aromatic carbocycles. The minimum absolute atomic E-state index is 0.309. The highest BCUT2D eigenvalue weighted by atomic mass is 16.4. The molecule has 1 atom stereocenters. The molecule has 1 N–H and O–H groups in total. The SMILES string of the molecule is C[N+]1(c2cccc(C(O)(C(=O)[O-])c3ccccc3)c2)CCCCC1. The van der Waals surface area contributed by atoms with Gasteiger partial charge in [0.2, 0.25) is 0 Å². The quantitative estimate of drug-likeness (QED) is 0.872. The van der Waals surface area contributed by atoms with E-state index in [-0.39, 0.29) is 0 Å². The number of likely N-dealkylation sites (tertiary alicyclic amines) is 1. The van der Waals surface area contributed by atoms with Gasteiger partial charge in [0, 0.05) is 6.07 Å². The average Bonchev–Trinajstić information content (AvgIpc) is 2.62. The number of carboxylic acids is 1. The van der Waals surface area contributed by atoms with E-state index in [2.05, 4.69) is 7.05 Å². The summed E-state index contributed by atoms with van der Waals surface area (Å²) >= 11 is 0. The fourth-order valence-electron chi connectivity index (χ4n) is 3.62. The van der Waals surface area contributed by atoms with Crippen LogP contribution in [0.25, 0.3) is 0 Å². The normalized spacial score (nSPS) is 19.4. The lowest BCUT2D eigenvalue weighted by Gasteiger charge is -2.38. The van der Waals surface area contributed by atoms with Gasteiger partial charge in [0.1, 0.15) is 5.69 Å². The third-order valence-corrected chi connectivity index (χ3v) is 5.18. The summed E-state index contributed by atoms with van der Waals surface area (Å²) in [5, 5.41) is 22.8. The number of carbonyl (C=O) groups is 1. The molecule has 3 rings (SSSR count). The monoisotopic (exact) mass is 325 g/mol. The Morgan fingerprint density at radius 1 is 1.00 bits per heavy atom. The van der Waals surface area contributed by atoms with Gasteiger partial charge in [-0.3, -0.25) is 4.48 Å². The van der Waals surface area contributed by atoms with E-state index in [0.717, 1.165) is 36.1 Å². The van der Waals surface area contributed by atoms with Gasteiger partial charge < -0.3 is 15.0 Å². The van der Waals surface area contributed by atoms with Crippen molar-refractivity contribution in [1.29, 1.82) is 0 Å². The molecule has 1 saturated heterocycles.